The molecule has 0 aromatic heterocycles. The molecule has 1 saturated carbocycles. The van der Waals surface area contributed by atoms with Crippen LogP contribution in [0.3, 0.4) is 0 Å². The summed E-state index contributed by atoms with van der Waals surface area (Å²) in [6, 6.07) is 7.51. The van der Waals surface area contributed by atoms with Gasteiger partial charge in [0.05, 0.1) is 4.90 Å². The molecule has 4 nitrogen and oxygen atoms in total. The molecular weight excluding hydrogens is 284 g/mol. The minimum absolute atomic E-state index is 0.124. The first-order valence-electron chi connectivity index (χ1n) is 7.83. The van der Waals surface area contributed by atoms with Crippen LogP contribution in [-0.4, -0.2) is 21.0 Å². The van der Waals surface area contributed by atoms with Crippen LogP contribution < -0.4 is 10.0 Å². The van der Waals surface area contributed by atoms with Gasteiger partial charge in [-0.05, 0) is 49.9 Å². The molecule has 5 heteroatoms. The highest BCUT2D eigenvalue weighted by Crippen LogP contribution is 2.34. The van der Waals surface area contributed by atoms with Crippen LogP contribution in [0.2, 0.25) is 0 Å². The summed E-state index contributed by atoms with van der Waals surface area (Å²) in [6.45, 7) is 7.20. The predicted octanol–water partition coefficient (Wildman–Crippen LogP) is 2.82. The number of rotatable bonds is 8. The van der Waals surface area contributed by atoms with Crippen LogP contribution >= 0.6 is 0 Å². The molecule has 3 atom stereocenters. The molecule has 118 valence electrons. The summed E-state index contributed by atoms with van der Waals surface area (Å²) in [4.78, 5) is 0.368. The Bertz CT molecular complexity index is 571. The molecule has 0 spiro atoms. The van der Waals surface area contributed by atoms with E-state index in [1.165, 1.54) is 0 Å². The normalized spacial score (nSPS) is 23.0. The molecule has 0 radical (unpaired) electrons. The van der Waals surface area contributed by atoms with Crippen molar-refractivity contribution in [2.24, 2.45) is 5.92 Å². The Morgan fingerprint density at radius 3 is 2.71 bits per heavy atom. The number of hydrogen-bond donors (Lipinski definition) is 2. The second kappa shape index (κ2) is 6.90. The van der Waals surface area contributed by atoms with Crippen molar-refractivity contribution in [3.05, 3.63) is 29.8 Å². The van der Waals surface area contributed by atoms with Gasteiger partial charge in [0, 0.05) is 12.1 Å². The summed E-state index contributed by atoms with van der Waals surface area (Å²) in [5, 5.41) is 3.38. The summed E-state index contributed by atoms with van der Waals surface area (Å²) >= 11 is 0. The van der Waals surface area contributed by atoms with E-state index >= 15 is 0 Å². The fraction of sp³-hybridized carbons (Fsp3) is 0.625. The van der Waals surface area contributed by atoms with Gasteiger partial charge in [-0.25, -0.2) is 13.1 Å². The molecule has 1 aliphatic rings. The quantitative estimate of drug-likeness (QED) is 0.776. The van der Waals surface area contributed by atoms with Crippen molar-refractivity contribution in [3.63, 3.8) is 0 Å². The monoisotopic (exact) mass is 310 g/mol. The van der Waals surface area contributed by atoms with Gasteiger partial charge in [-0.15, -0.1) is 0 Å². The van der Waals surface area contributed by atoms with Crippen molar-refractivity contribution in [2.75, 3.05) is 6.54 Å². The van der Waals surface area contributed by atoms with Gasteiger partial charge in [0.1, 0.15) is 0 Å². The summed E-state index contributed by atoms with van der Waals surface area (Å²) in [7, 11) is -3.39. The molecule has 1 aliphatic carbocycles. The van der Waals surface area contributed by atoms with Crippen LogP contribution in [0.5, 0.6) is 0 Å². The Labute approximate surface area is 128 Å². The van der Waals surface area contributed by atoms with E-state index in [0.717, 1.165) is 31.4 Å². The van der Waals surface area contributed by atoms with Crippen LogP contribution in [0.4, 0.5) is 0 Å². The minimum Gasteiger partial charge on any atom is -0.310 e. The van der Waals surface area contributed by atoms with Gasteiger partial charge in [-0.3, -0.25) is 0 Å². The van der Waals surface area contributed by atoms with Gasteiger partial charge in [-0.1, -0.05) is 32.4 Å². The largest absolute Gasteiger partial charge is 0.310 e. The first-order chi connectivity index (χ1) is 9.97. The zero-order chi connectivity index (χ0) is 15.5. The second-order valence-electron chi connectivity index (χ2n) is 5.88. The summed E-state index contributed by atoms with van der Waals surface area (Å²) in [5.74, 6) is 0.508. The zero-order valence-corrected chi connectivity index (χ0v) is 13.9. The summed E-state index contributed by atoms with van der Waals surface area (Å²) < 4.78 is 27.6. The Morgan fingerprint density at radius 2 is 2.10 bits per heavy atom. The topological polar surface area (TPSA) is 58.2 Å². The minimum atomic E-state index is -3.39. The van der Waals surface area contributed by atoms with E-state index in [1.54, 1.807) is 12.1 Å². The average Bonchev–Trinajstić information content (AvgIpc) is 3.22. The van der Waals surface area contributed by atoms with Crippen molar-refractivity contribution in [1.29, 1.82) is 0 Å². The Hall–Kier alpha value is -0.910. The number of hydrogen-bond acceptors (Lipinski definition) is 3. The van der Waals surface area contributed by atoms with Gasteiger partial charge in [-0.2, -0.15) is 0 Å². The number of sulfonamides is 1. The third kappa shape index (κ3) is 4.28. The average molecular weight is 310 g/mol. The molecule has 0 aliphatic heterocycles. The van der Waals surface area contributed by atoms with Crippen molar-refractivity contribution < 1.29 is 8.42 Å². The van der Waals surface area contributed by atoms with Gasteiger partial charge in [0.15, 0.2) is 0 Å². The molecule has 3 unspecified atom stereocenters. The number of nitrogens with one attached hydrogen (secondary N) is 2. The lowest BCUT2D eigenvalue weighted by atomic mass is 10.1. The molecule has 2 rings (SSSR count). The van der Waals surface area contributed by atoms with Gasteiger partial charge < -0.3 is 5.32 Å². The Morgan fingerprint density at radius 1 is 1.33 bits per heavy atom. The summed E-state index contributed by atoms with van der Waals surface area (Å²) in [5.41, 5.74) is 1.01. The highest BCUT2D eigenvalue weighted by Gasteiger charge is 2.38. The van der Waals surface area contributed by atoms with Crippen LogP contribution in [0, 0.1) is 5.92 Å². The Balaban J connectivity index is 2.09. The standard InChI is InChI=1S/C16H26N2O2S/c1-4-9-17-12(3)14-7-6-8-15(10-14)21(19,20)18-16-11-13(16)5-2/h6-8,10,12-13,16-18H,4-5,9,11H2,1-3H3. The SMILES string of the molecule is CCCNC(C)c1cccc(S(=O)(=O)NC2CC2CC)c1. The molecule has 0 bridgehead atoms. The van der Waals surface area contributed by atoms with E-state index in [2.05, 4.69) is 30.8 Å². The molecule has 1 fully saturated rings. The maximum Gasteiger partial charge on any atom is 0.240 e. The fourth-order valence-electron chi connectivity index (χ4n) is 2.54. The first kappa shape index (κ1) is 16.5. The third-order valence-electron chi connectivity index (χ3n) is 4.12. The van der Waals surface area contributed by atoms with E-state index < -0.39 is 10.0 Å². The molecule has 0 saturated heterocycles. The molecule has 0 heterocycles. The molecule has 2 N–H and O–H groups in total. The van der Waals surface area contributed by atoms with E-state index in [4.69, 9.17) is 0 Å². The molecular formula is C16H26N2O2S. The maximum atomic E-state index is 12.4. The zero-order valence-electron chi connectivity index (χ0n) is 13.1. The number of benzene rings is 1. The smallest absolute Gasteiger partial charge is 0.240 e. The third-order valence-corrected chi connectivity index (χ3v) is 5.61. The van der Waals surface area contributed by atoms with Crippen LogP contribution in [-0.2, 0) is 10.0 Å². The second-order valence-corrected chi connectivity index (χ2v) is 7.59. The van der Waals surface area contributed by atoms with E-state index in [-0.39, 0.29) is 12.1 Å². The van der Waals surface area contributed by atoms with E-state index in [1.807, 2.05) is 12.1 Å². The Kier molecular flexibility index (Phi) is 5.41. The molecule has 1 aromatic rings. The van der Waals surface area contributed by atoms with Crippen molar-refractivity contribution in [2.45, 2.75) is 57.0 Å². The lowest BCUT2D eigenvalue weighted by Gasteiger charge is -2.15. The lowest BCUT2D eigenvalue weighted by molar-refractivity contribution is 0.565. The molecule has 0 amide bonds. The van der Waals surface area contributed by atoms with Crippen molar-refractivity contribution in [1.82, 2.24) is 10.0 Å². The molecule has 21 heavy (non-hydrogen) atoms. The van der Waals surface area contributed by atoms with E-state index in [9.17, 15) is 8.42 Å². The van der Waals surface area contributed by atoms with Gasteiger partial charge >= 0.3 is 0 Å². The fourth-order valence-corrected chi connectivity index (χ4v) is 3.91. The first-order valence-corrected chi connectivity index (χ1v) is 9.32. The van der Waals surface area contributed by atoms with E-state index in [0.29, 0.717) is 10.8 Å². The van der Waals surface area contributed by atoms with Gasteiger partial charge in [0.25, 0.3) is 0 Å². The van der Waals surface area contributed by atoms with Crippen LogP contribution in [0.25, 0.3) is 0 Å². The van der Waals surface area contributed by atoms with Crippen LogP contribution in [0.15, 0.2) is 29.2 Å². The summed E-state index contributed by atoms with van der Waals surface area (Å²) in [6.07, 6.45) is 3.05. The lowest BCUT2D eigenvalue weighted by Crippen LogP contribution is -2.27. The van der Waals surface area contributed by atoms with Crippen molar-refractivity contribution >= 4 is 10.0 Å². The predicted molar refractivity (Wildman–Crippen MR) is 85.7 cm³/mol. The van der Waals surface area contributed by atoms with Gasteiger partial charge in [0.2, 0.25) is 10.0 Å². The maximum absolute atomic E-state index is 12.4. The highest BCUT2D eigenvalue weighted by molar-refractivity contribution is 7.89. The van der Waals surface area contributed by atoms with Crippen molar-refractivity contribution in [3.8, 4) is 0 Å². The van der Waals surface area contributed by atoms with Crippen LogP contribution in [0.1, 0.15) is 51.6 Å². The molecule has 1 aromatic carbocycles. The highest BCUT2D eigenvalue weighted by atomic mass is 32.2.